The van der Waals surface area contributed by atoms with E-state index in [4.69, 9.17) is 9.72 Å². The van der Waals surface area contributed by atoms with Crippen LogP contribution >= 0.6 is 11.5 Å². The average Bonchev–Trinajstić information content (AvgIpc) is 3.34. The van der Waals surface area contributed by atoms with Crippen molar-refractivity contribution in [2.75, 3.05) is 62.8 Å². The van der Waals surface area contributed by atoms with Gasteiger partial charge in [0.1, 0.15) is 5.82 Å². The molecule has 0 bridgehead atoms. The first kappa shape index (κ1) is 25.1. The molecule has 0 aliphatic carbocycles. The van der Waals surface area contributed by atoms with Gasteiger partial charge in [0, 0.05) is 76.4 Å². The average molecular weight is 494 g/mol. The number of piperazine rings is 1. The van der Waals surface area contributed by atoms with Crippen LogP contribution in [-0.2, 0) is 16.0 Å². The number of nitrogens with zero attached hydrogens (tertiary/aromatic N) is 5. The first-order chi connectivity index (χ1) is 17.0. The Morgan fingerprint density at radius 2 is 1.77 bits per heavy atom. The number of carbonyl (C=O) groups excluding carboxylic acids is 1. The van der Waals surface area contributed by atoms with E-state index in [0.717, 1.165) is 37.1 Å². The number of aromatic nitrogens is 2. The topological polar surface area (TPSA) is 61.8 Å². The fraction of sp³-hybridized carbons (Fsp3) is 0.444. The van der Waals surface area contributed by atoms with Crippen LogP contribution in [0.25, 0.3) is 0 Å². The summed E-state index contributed by atoms with van der Waals surface area (Å²) in [5.41, 5.74) is 4.99. The van der Waals surface area contributed by atoms with Gasteiger partial charge in [0.2, 0.25) is 11.0 Å². The molecule has 0 radical (unpaired) electrons. The van der Waals surface area contributed by atoms with Crippen molar-refractivity contribution in [1.82, 2.24) is 14.3 Å². The molecule has 1 aromatic heterocycles. The van der Waals surface area contributed by atoms with Gasteiger partial charge in [-0.25, -0.2) is 4.98 Å². The van der Waals surface area contributed by atoms with Crippen LogP contribution in [0, 0.1) is 13.8 Å². The molecule has 1 aliphatic heterocycles. The number of para-hydroxylation sites is 1. The lowest BCUT2D eigenvalue weighted by molar-refractivity contribution is -0.131. The normalized spacial score (nSPS) is 13.8. The zero-order valence-electron chi connectivity index (χ0n) is 20.9. The minimum atomic E-state index is 0.196. The van der Waals surface area contributed by atoms with Crippen molar-refractivity contribution in [3.63, 3.8) is 0 Å². The van der Waals surface area contributed by atoms with Gasteiger partial charge in [0.25, 0.3) is 0 Å². The van der Waals surface area contributed by atoms with Crippen molar-refractivity contribution in [3.05, 3.63) is 71.0 Å². The molecule has 7 nitrogen and oxygen atoms in total. The highest BCUT2D eigenvalue weighted by molar-refractivity contribution is 7.09. The van der Waals surface area contributed by atoms with Crippen LogP contribution < -0.4 is 9.80 Å². The molecule has 2 aromatic carbocycles. The van der Waals surface area contributed by atoms with Crippen molar-refractivity contribution in [2.24, 2.45) is 0 Å². The summed E-state index contributed by atoms with van der Waals surface area (Å²) >= 11 is 1.39. The van der Waals surface area contributed by atoms with E-state index >= 15 is 0 Å². The van der Waals surface area contributed by atoms with Crippen LogP contribution in [0.2, 0.25) is 0 Å². The van der Waals surface area contributed by atoms with Gasteiger partial charge in [-0.05, 0) is 31.0 Å². The summed E-state index contributed by atoms with van der Waals surface area (Å²) in [5.74, 6) is 1.01. The van der Waals surface area contributed by atoms with E-state index < -0.39 is 0 Å². The number of anilines is 2. The predicted molar refractivity (Wildman–Crippen MR) is 143 cm³/mol. The van der Waals surface area contributed by atoms with Crippen LogP contribution in [0.15, 0.2) is 48.5 Å². The van der Waals surface area contributed by atoms with E-state index in [9.17, 15) is 4.79 Å². The zero-order chi connectivity index (χ0) is 24.6. The summed E-state index contributed by atoms with van der Waals surface area (Å²) in [6.07, 6.45) is 1.17. The van der Waals surface area contributed by atoms with E-state index in [1.54, 1.807) is 7.11 Å². The van der Waals surface area contributed by atoms with Crippen molar-refractivity contribution >= 4 is 28.3 Å². The third-order valence-corrected chi connectivity index (χ3v) is 7.27. The van der Waals surface area contributed by atoms with Crippen molar-refractivity contribution in [3.8, 4) is 0 Å². The smallest absolute Gasteiger partial charge is 0.224 e. The molecular weight excluding hydrogens is 458 g/mol. The van der Waals surface area contributed by atoms with Crippen LogP contribution in [0.4, 0.5) is 10.8 Å². The maximum absolute atomic E-state index is 13.0. The SMILES string of the molecule is COCCN(CCC(=O)N1CCN(c2ccccc2C)CC1)c1nc(Cc2ccc(C)cc2)ns1. The Balaban J connectivity index is 1.31. The number of ether oxygens (including phenoxy) is 1. The number of hydrogen-bond donors (Lipinski definition) is 0. The summed E-state index contributed by atoms with van der Waals surface area (Å²) in [5, 5.41) is 0.848. The van der Waals surface area contributed by atoms with E-state index in [1.807, 2.05) is 4.90 Å². The molecule has 0 saturated carbocycles. The number of aryl methyl sites for hydroxylation is 2. The Bertz CT molecular complexity index is 1090. The molecule has 4 rings (SSSR count). The first-order valence-electron chi connectivity index (χ1n) is 12.2. The molecule has 8 heteroatoms. The van der Waals surface area contributed by atoms with E-state index in [1.165, 1.54) is 33.9 Å². The molecule has 1 fully saturated rings. The van der Waals surface area contributed by atoms with E-state index in [0.29, 0.717) is 32.5 Å². The van der Waals surface area contributed by atoms with Crippen LogP contribution in [0.5, 0.6) is 0 Å². The molecule has 1 aliphatic rings. The lowest BCUT2D eigenvalue weighted by atomic mass is 10.1. The lowest BCUT2D eigenvalue weighted by Crippen LogP contribution is -2.49. The Kier molecular flexibility index (Phi) is 8.71. The van der Waals surface area contributed by atoms with Crippen molar-refractivity contribution in [1.29, 1.82) is 0 Å². The molecule has 3 aromatic rings. The third-order valence-electron chi connectivity index (χ3n) is 6.46. The van der Waals surface area contributed by atoms with E-state index in [2.05, 4.69) is 76.6 Å². The molecule has 0 atom stereocenters. The number of hydrogen-bond acceptors (Lipinski definition) is 7. The van der Waals surface area contributed by atoms with Crippen LogP contribution in [0.3, 0.4) is 0 Å². The van der Waals surface area contributed by atoms with E-state index in [-0.39, 0.29) is 5.91 Å². The van der Waals surface area contributed by atoms with Gasteiger partial charge in [-0.1, -0.05) is 48.0 Å². The Labute approximate surface area is 212 Å². The lowest BCUT2D eigenvalue weighted by Gasteiger charge is -2.37. The monoisotopic (exact) mass is 493 g/mol. The summed E-state index contributed by atoms with van der Waals surface area (Å²) < 4.78 is 9.88. The van der Waals surface area contributed by atoms with Gasteiger partial charge < -0.3 is 19.4 Å². The second-order valence-electron chi connectivity index (χ2n) is 9.04. The summed E-state index contributed by atoms with van der Waals surface area (Å²) in [4.78, 5) is 24.3. The first-order valence-corrected chi connectivity index (χ1v) is 13.0. The highest BCUT2D eigenvalue weighted by Gasteiger charge is 2.23. The largest absolute Gasteiger partial charge is 0.383 e. The van der Waals surface area contributed by atoms with Gasteiger partial charge in [-0.2, -0.15) is 4.37 Å². The van der Waals surface area contributed by atoms with Gasteiger partial charge in [-0.3, -0.25) is 4.79 Å². The number of rotatable bonds is 10. The Hall–Kier alpha value is -2.97. The summed E-state index contributed by atoms with van der Waals surface area (Å²) in [6, 6.07) is 16.9. The second-order valence-corrected chi connectivity index (χ2v) is 9.77. The second kappa shape index (κ2) is 12.1. The molecular formula is C27H35N5O2S. The van der Waals surface area contributed by atoms with Gasteiger partial charge in [0.15, 0.2) is 0 Å². The fourth-order valence-electron chi connectivity index (χ4n) is 4.34. The number of amides is 1. The van der Waals surface area contributed by atoms with Gasteiger partial charge in [0.05, 0.1) is 6.61 Å². The van der Waals surface area contributed by atoms with Crippen LogP contribution in [-0.4, -0.2) is 73.1 Å². The summed E-state index contributed by atoms with van der Waals surface area (Å²) in [6.45, 7) is 9.34. The van der Waals surface area contributed by atoms with Crippen molar-refractivity contribution in [2.45, 2.75) is 26.7 Å². The number of benzene rings is 2. The highest BCUT2D eigenvalue weighted by Crippen LogP contribution is 2.22. The summed E-state index contributed by atoms with van der Waals surface area (Å²) in [7, 11) is 1.69. The maximum atomic E-state index is 13.0. The minimum absolute atomic E-state index is 0.196. The minimum Gasteiger partial charge on any atom is -0.383 e. The van der Waals surface area contributed by atoms with Crippen LogP contribution in [0.1, 0.15) is 28.9 Å². The molecule has 0 unspecified atom stereocenters. The quantitative estimate of drug-likeness (QED) is 0.426. The molecule has 186 valence electrons. The Morgan fingerprint density at radius 1 is 1.03 bits per heavy atom. The Morgan fingerprint density at radius 3 is 2.49 bits per heavy atom. The third kappa shape index (κ3) is 6.80. The molecule has 0 N–H and O–H groups in total. The molecule has 35 heavy (non-hydrogen) atoms. The highest BCUT2D eigenvalue weighted by atomic mass is 32.1. The van der Waals surface area contributed by atoms with Gasteiger partial charge in [-0.15, -0.1) is 0 Å². The number of carbonyl (C=O) groups is 1. The molecule has 1 saturated heterocycles. The van der Waals surface area contributed by atoms with Gasteiger partial charge >= 0.3 is 0 Å². The standard InChI is InChI=1S/C27H35N5O2S/c1-21-8-10-23(11-9-21)20-25-28-27(35-29-25)32(18-19-34-3)13-12-26(33)31-16-14-30(15-17-31)24-7-5-4-6-22(24)2/h4-11H,12-20H2,1-3H3. The molecule has 0 spiro atoms. The maximum Gasteiger partial charge on any atom is 0.224 e. The van der Waals surface area contributed by atoms with Crippen molar-refractivity contribution < 1.29 is 9.53 Å². The zero-order valence-corrected chi connectivity index (χ0v) is 21.8. The fourth-order valence-corrected chi connectivity index (χ4v) is 5.08. The predicted octanol–water partition coefficient (Wildman–Crippen LogP) is 3.94. The number of methoxy groups -OCH3 is 1. The molecule has 1 amide bonds. The molecule has 2 heterocycles.